The Morgan fingerprint density at radius 3 is 2.76 bits per heavy atom. The summed E-state index contributed by atoms with van der Waals surface area (Å²) in [5.41, 5.74) is 0.0892. The van der Waals surface area contributed by atoms with Crippen molar-refractivity contribution in [2.45, 2.75) is 0 Å². The highest BCUT2D eigenvalue weighted by Crippen LogP contribution is 2.40. The van der Waals surface area contributed by atoms with Crippen molar-refractivity contribution < 1.29 is 19.0 Å². The van der Waals surface area contributed by atoms with Crippen LogP contribution in [0.1, 0.15) is 10.4 Å². The minimum atomic E-state index is -1.15. The fraction of sp³-hybridized carbons (Fsp3) is 0.455. The lowest BCUT2D eigenvalue weighted by atomic mass is 9.78. The number of aromatic nitrogens is 1. The molecule has 3 heterocycles. The van der Waals surface area contributed by atoms with Crippen molar-refractivity contribution in [3.8, 4) is 0 Å². The Labute approximate surface area is 96.8 Å². The van der Waals surface area contributed by atoms with Crippen LogP contribution >= 0.6 is 0 Å². The average Bonchev–Trinajstić information content (AvgIpc) is 2.15. The zero-order valence-corrected chi connectivity index (χ0v) is 9.02. The molecule has 2 fully saturated rings. The maximum Gasteiger partial charge on any atom is 0.339 e. The van der Waals surface area contributed by atoms with Gasteiger partial charge in [0.25, 0.3) is 0 Å². The molecule has 0 amide bonds. The smallest absolute Gasteiger partial charge is 0.339 e. The molecule has 2 saturated heterocycles. The summed E-state index contributed by atoms with van der Waals surface area (Å²) in [5, 5.41) is 9.00. The number of anilines is 1. The molecular formula is C11H11FN2O3. The molecule has 90 valence electrons. The second-order valence-electron chi connectivity index (χ2n) is 4.68. The van der Waals surface area contributed by atoms with Gasteiger partial charge in [0.05, 0.1) is 24.8 Å². The number of carboxylic acids is 1. The summed E-state index contributed by atoms with van der Waals surface area (Å²) >= 11 is 0. The Morgan fingerprint density at radius 1 is 1.53 bits per heavy atom. The monoisotopic (exact) mass is 238 g/mol. The van der Waals surface area contributed by atoms with Gasteiger partial charge in [0.2, 0.25) is 0 Å². The SMILES string of the molecule is O=C(O)c1cc(F)cnc1N1CC2(COC2)C1. The number of carboxylic acid groups (broad SMARTS) is 1. The zero-order chi connectivity index (χ0) is 12.0. The summed E-state index contributed by atoms with van der Waals surface area (Å²) < 4.78 is 18.1. The molecule has 17 heavy (non-hydrogen) atoms. The minimum Gasteiger partial charge on any atom is -0.478 e. The summed E-state index contributed by atoms with van der Waals surface area (Å²) in [5.74, 6) is -1.44. The summed E-state index contributed by atoms with van der Waals surface area (Å²) in [6.07, 6.45) is 1.05. The summed E-state index contributed by atoms with van der Waals surface area (Å²) in [4.78, 5) is 16.7. The van der Waals surface area contributed by atoms with E-state index in [0.29, 0.717) is 19.0 Å². The first-order valence-corrected chi connectivity index (χ1v) is 5.31. The second kappa shape index (κ2) is 3.40. The van der Waals surface area contributed by atoms with Gasteiger partial charge in [-0.1, -0.05) is 0 Å². The Kier molecular flexibility index (Phi) is 2.09. The summed E-state index contributed by atoms with van der Waals surface area (Å²) in [6, 6.07) is 1.01. The van der Waals surface area contributed by atoms with E-state index in [2.05, 4.69) is 4.98 Å². The van der Waals surface area contributed by atoms with E-state index in [0.717, 1.165) is 25.4 Å². The highest BCUT2D eigenvalue weighted by atomic mass is 19.1. The molecule has 1 N–H and O–H groups in total. The van der Waals surface area contributed by atoms with Crippen molar-refractivity contribution in [1.29, 1.82) is 0 Å². The molecule has 1 aromatic rings. The third kappa shape index (κ3) is 1.56. The van der Waals surface area contributed by atoms with Crippen LogP contribution in [0, 0.1) is 11.2 Å². The van der Waals surface area contributed by atoms with Crippen LogP contribution in [0.3, 0.4) is 0 Å². The first-order valence-electron chi connectivity index (χ1n) is 5.31. The maximum absolute atomic E-state index is 13.0. The molecule has 0 aliphatic carbocycles. The minimum absolute atomic E-state index is 0.0832. The van der Waals surface area contributed by atoms with Crippen molar-refractivity contribution in [3.63, 3.8) is 0 Å². The number of carbonyl (C=O) groups is 1. The predicted octanol–water partition coefficient (Wildman–Crippen LogP) is 0.756. The number of hydrogen-bond acceptors (Lipinski definition) is 4. The number of hydrogen-bond donors (Lipinski definition) is 1. The lowest BCUT2D eigenvalue weighted by Gasteiger charge is -2.55. The van der Waals surface area contributed by atoms with Gasteiger partial charge in [0.1, 0.15) is 17.2 Å². The van der Waals surface area contributed by atoms with E-state index in [-0.39, 0.29) is 11.0 Å². The van der Waals surface area contributed by atoms with Crippen LogP contribution in [0.5, 0.6) is 0 Å². The van der Waals surface area contributed by atoms with Gasteiger partial charge < -0.3 is 14.7 Å². The molecule has 5 nitrogen and oxygen atoms in total. The molecule has 0 unspecified atom stereocenters. The highest BCUT2D eigenvalue weighted by molar-refractivity contribution is 5.93. The molecule has 1 spiro atoms. The molecule has 3 rings (SSSR count). The normalized spacial score (nSPS) is 20.9. The van der Waals surface area contributed by atoms with E-state index in [1.165, 1.54) is 0 Å². The third-order valence-electron chi connectivity index (χ3n) is 3.23. The maximum atomic E-state index is 13.0. The largest absolute Gasteiger partial charge is 0.478 e. The van der Waals surface area contributed by atoms with Crippen molar-refractivity contribution in [2.75, 3.05) is 31.2 Å². The third-order valence-corrected chi connectivity index (χ3v) is 3.23. The van der Waals surface area contributed by atoms with Crippen molar-refractivity contribution in [1.82, 2.24) is 4.98 Å². The summed E-state index contributed by atoms with van der Waals surface area (Å²) in [6.45, 7) is 2.89. The topological polar surface area (TPSA) is 62.7 Å². The van der Waals surface area contributed by atoms with Crippen LogP contribution < -0.4 is 4.90 Å². The van der Waals surface area contributed by atoms with Gasteiger partial charge in [-0.25, -0.2) is 14.2 Å². The lowest BCUT2D eigenvalue weighted by molar-refractivity contribution is -0.127. The quantitative estimate of drug-likeness (QED) is 0.824. The van der Waals surface area contributed by atoms with E-state index >= 15 is 0 Å². The first kappa shape index (κ1) is 10.5. The van der Waals surface area contributed by atoms with Gasteiger partial charge in [-0.3, -0.25) is 0 Å². The molecule has 0 aromatic carbocycles. The Hall–Kier alpha value is -1.69. The molecule has 6 heteroatoms. The Morgan fingerprint density at radius 2 is 2.24 bits per heavy atom. The predicted molar refractivity (Wildman–Crippen MR) is 56.6 cm³/mol. The number of aromatic carboxylic acids is 1. The number of nitrogens with zero attached hydrogens (tertiary/aromatic N) is 2. The lowest BCUT2D eigenvalue weighted by Crippen LogP contribution is -2.66. The van der Waals surface area contributed by atoms with Crippen molar-refractivity contribution in [3.05, 3.63) is 23.6 Å². The Balaban J connectivity index is 1.85. The highest BCUT2D eigenvalue weighted by Gasteiger charge is 2.50. The fourth-order valence-electron chi connectivity index (χ4n) is 2.33. The zero-order valence-electron chi connectivity index (χ0n) is 9.02. The molecule has 0 radical (unpaired) electrons. The van der Waals surface area contributed by atoms with Gasteiger partial charge in [-0.2, -0.15) is 0 Å². The van der Waals surface area contributed by atoms with Crippen molar-refractivity contribution >= 4 is 11.8 Å². The van der Waals surface area contributed by atoms with E-state index in [1.807, 2.05) is 4.90 Å². The fourth-order valence-corrected chi connectivity index (χ4v) is 2.33. The molecule has 0 bridgehead atoms. The van der Waals surface area contributed by atoms with Crippen LogP contribution in [0.4, 0.5) is 10.2 Å². The number of rotatable bonds is 2. The van der Waals surface area contributed by atoms with Crippen LogP contribution in [0.2, 0.25) is 0 Å². The van der Waals surface area contributed by atoms with E-state index in [1.54, 1.807) is 0 Å². The Bertz CT molecular complexity index is 480. The number of halogens is 1. The standard InChI is InChI=1S/C11H11FN2O3/c12-7-1-8(10(15)16)9(13-2-7)14-3-11(4-14)5-17-6-11/h1-2H,3-6H2,(H,15,16). The van der Waals surface area contributed by atoms with Crippen LogP contribution in [0.25, 0.3) is 0 Å². The van der Waals surface area contributed by atoms with Gasteiger partial charge >= 0.3 is 5.97 Å². The molecular weight excluding hydrogens is 227 g/mol. The van der Waals surface area contributed by atoms with Gasteiger partial charge in [-0.15, -0.1) is 0 Å². The van der Waals surface area contributed by atoms with Crippen LogP contribution in [-0.4, -0.2) is 42.4 Å². The molecule has 1 aromatic heterocycles. The van der Waals surface area contributed by atoms with E-state index < -0.39 is 11.8 Å². The average molecular weight is 238 g/mol. The van der Waals surface area contributed by atoms with Gasteiger partial charge in [0.15, 0.2) is 0 Å². The number of pyridine rings is 1. The summed E-state index contributed by atoms with van der Waals surface area (Å²) in [7, 11) is 0. The second-order valence-corrected chi connectivity index (χ2v) is 4.68. The molecule has 0 atom stereocenters. The van der Waals surface area contributed by atoms with Gasteiger partial charge in [-0.05, 0) is 6.07 Å². The van der Waals surface area contributed by atoms with Crippen LogP contribution in [0.15, 0.2) is 12.3 Å². The molecule has 2 aliphatic heterocycles. The van der Waals surface area contributed by atoms with E-state index in [4.69, 9.17) is 9.84 Å². The van der Waals surface area contributed by atoms with Crippen LogP contribution in [-0.2, 0) is 4.74 Å². The number of ether oxygens (including phenoxy) is 1. The van der Waals surface area contributed by atoms with E-state index in [9.17, 15) is 9.18 Å². The first-order chi connectivity index (χ1) is 8.10. The van der Waals surface area contributed by atoms with Gasteiger partial charge in [0, 0.05) is 13.1 Å². The molecule has 2 aliphatic rings. The van der Waals surface area contributed by atoms with Crippen molar-refractivity contribution in [2.24, 2.45) is 5.41 Å². The molecule has 0 saturated carbocycles.